The molecule has 0 bridgehead atoms. The number of hydrogen-bond acceptors (Lipinski definition) is 6. The van der Waals surface area contributed by atoms with Crippen LogP contribution in [0.3, 0.4) is 0 Å². The smallest absolute Gasteiger partial charge is 0.343 e. The summed E-state index contributed by atoms with van der Waals surface area (Å²) in [6.45, 7) is 1.40. The van der Waals surface area contributed by atoms with Crippen molar-refractivity contribution in [3.8, 4) is 11.4 Å². The van der Waals surface area contributed by atoms with Gasteiger partial charge in [-0.3, -0.25) is 9.78 Å². The van der Waals surface area contributed by atoms with Gasteiger partial charge >= 0.3 is 5.69 Å². The van der Waals surface area contributed by atoms with E-state index in [2.05, 4.69) is 25.0 Å². The minimum absolute atomic E-state index is 0.00100. The second-order valence-electron chi connectivity index (χ2n) is 9.07. The average Bonchev–Trinajstić information content (AvgIpc) is 3.49. The molecule has 1 aliphatic rings. The van der Waals surface area contributed by atoms with Crippen LogP contribution >= 0.6 is 0 Å². The Hall–Kier alpha value is -4.53. The number of rotatable bonds is 5. The molecular formula is C27H25N7O2. The molecule has 9 heteroatoms. The minimum Gasteiger partial charge on any atom is -0.356 e. The number of carbonyl (C=O) groups excluding carboxylic acids is 1. The highest BCUT2D eigenvalue weighted by Gasteiger charge is 2.25. The third kappa shape index (κ3) is 3.88. The zero-order chi connectivity index (χ0) is 24.6. The molecule has 0 amide bonds. The summed E-state index contributed by atoms with van der Waals surface area (Å²) < 4.78 is 3.52. The summed E-state index contributed by atoms with van der Waals surface area (Å²) >= 11 is 0. The van der Waals surface area contributed by atoms with Crippen molar-refractivity contribution < 1.29 is 4.79 Å². The van der Waals surface area contributed by atoms with Crippen LogP contribution in [-0.2, 0) is 7.05 Å². The molecule has 0 aliphatic carbocycles. The Balaban J connectivity index is 1.19. The van der Waals surface area contributed by atoms with Gasteiger partial charge in [0.25, 0.3) is 0 Å². The summed E-state index contributed by atoms with van der Waals surface area (Å²) in [6.07, 6.45) is 4.79. The standard InChI is InChI=1S/C27H25N7O2/c1-32-16-21(20-9-5-6-10-23(20)32)25(35)22-15-24(29-17-28-22)33-13-11-19(12-14-33)34-27(36)30-26(31-34)18-7-3-2-4-8-18/h2-10,15-17,19H,11-14H2,1H3,(H,30,31,36). The molecule has 9 nitrogen and oxygen atoms in total. The SMILES string of the molecule is Cn1cc(C(=O)c2cc(N3CCC(n4nc(-c5ccccc5)[nH]c4=O)CC3)ncn2)c2ccccc21. The van der Waals surface area contributed by atoms with Gasteiger partial charge < -0.3 is 9.47 Å². The van der Waals surface area contributed by atoms with Crippen molar-refractivity contribution in [1.29, 1.82) is 0 Å². The van der Waals surface area contributed by atoms with Crippen LogP contribution in [0.2, 0.25) is 0 Å². The predicted molar refractivity (Wildman–Crippen MR) is 137 cm³/mol. The van der Waals surface area contributed by atoms with Crippen molar-refractivity contribution in [2.45, 2.75) is 18.9 Å². The quantitative estimate of drug-likeness (QED) is 0.387. The van der Waals surface area contributed by atoms with Gasteiger partial charge in [0, 0.05) is 54.4 Å². The summed E-state index contributed by atoms with van der Waals surface area (Å²) in [5, 5.41) is 5.46. The van der Waals surface area contributed by atoms with Crippen LogP contribution < -0.4 is 10.6 Å². The number of benzene rings is 2. The summed E-state index contributed by atoms with van der Waals surface area (Å²) in [5.74, 6) is 1.17. The number of H-pyrrole nitrogens is 1. The van der Waals surface area contributed by atoms with E-state index < -0.39 is 0 Å². The fourth-order valence-corrected chi connectivity index (χ4v) is 4.95. The lowest BCUT2D eigenvalue weighted by Gasteiger charge is -2.32. The molecule has 6 rings (SSSR count). The number of para-hydroxylation sites is 1. The van der Waals surface area contributed by atoms with Gasteiger partial charge in [-0.05, 0) is 18.9 Å². The highest BCUT2D eigenvalue weighted by Crippen LogP contribution is 2.27. The molecule has 180 valence electrons. The maximum absolute atomic E-state index is 13.3. The van der Waals surface area contributed by atoms with E-state index in [1.165, 1.54) is 6.33 Å². The lowest BCUT2D eigenvalue weighted by atomic mass is 10.0. The first kappa shape index (κ1) is 22.0. The first-order valence-electron chi connectivity index (χ1n) is 12.0. The van der Waals surface area contributed by atoms with Crippen molar-refractivity contribution in [2.75, 3.05) is 18.0 Å². The lowest BCUT2D eigenvalue weighted by molar-refractivity contribution is 0.103. The number of aromatic amines is 1. The third-order valence-electron chi connectivity index (χ3n) is 6.85. The molecule has 3 aromatic heterocycles. The van der Waals surface area contributed by atoms with Gasteiger partial charge in [-0.15, -0.1) is 5.10 Å². The van der Waals surface area contributed by atoms with Crippen LogP contribution in [0.25, 0.3) is 22.3 Å². The molecule has 1 saturated heterocycles. The number of anilines is 1. The van der Waals surface area contributed by atoms with Crippen molar-refractivity contribution in [3.05, 3.63) is 94.9 Å². The Morgan fingerprint density at radius 2 is 1.75 bits per heavy atom. The van der Waals surface area contributed by atoms with E-state index >= 15 is 0 Å². The molecule has 0 radical (unpaired) electrons. The molecule has 2 aromatic carbocycles. The van der Waals surface area contributed by atoms with E-state index in [1.807, 2.05) is 72.4 Å². The molecule has 1 aliphatic heterocycles. The monoisotopic (exact) mass is 479 g/mol. The van der Waals surface area contributed by atoms with Gasteiger partial charge in [0.15, 0.2) is 5.82 Å². The van der Waals surface area contributed by atoms with Crippen molar-refractivity contribution in [2.24, 2.45) is 7.05 Å². The molecular weight excluding hydrogens is 454 g/mol. The third-order valence-corrected chi connectivity index (χ3v) is 6.85. The first-order valence-corrected chi connectivity index (χ1v) is 12.0. The molecule has 0 unspecified atom stereocenters. The molecule has 0 spiro atoms. The number of nitrogens with zero attached hydrogens (tertiary/aromatic N) is 6. The van der Waals surface area contributed by atoms with E-state index in [0.717, 1.165) is 29.3 Å². The van der Waals surface area contributed by atoms with E-state index in [0.29, 0.717) is 36.0 Å². The van der Waals surface area contributed by atoms with Gasteiger partial charge in [-0.2, -0.15) is 0 Å². The minimum atomic E-state index is -0.197. The fourth-order valence-electron chi connectivity index (χ4n) is 4.95. The maximum atomic E-state index is 13.3. The summed E-state index contributed by atoms with van der Waals surface area (Å²) in [7, 11) is 1.93. The van der Waals surface area contributed by atoms with Crippen LogP contribution in [0, 0.1) is 0 Å². The predicted octanol–water partition coefficient (Wildman–Crippen LogP) is 3.59. The van der Waals surface area contributed by atoms with Crippen molar-refractivity contribution >= 4 is 22.5 Å². The van der Waals surface area contributed by atoms with Crippen LogP contribution in [0.4, 0.5) is 5.82 Å². The zero-order valence-electron chi connectivity index (χ0n) is 19.8. The molecule has 36 heavy (non-hydrogen) atoms. The number of nitrogens with one attached hydrogen (secondary N) is 1. The Morgan fingerprint density at radius 1 is 1.00 bits per heavy atom. The van der Waals surface area contributed by atoms with E-state index in [4.69, 9.17) is 0 Å². The number of fused-ring (bicyclic) bond motifs is 1. The van der Waals surface area contributed by atoms with Gasteiger partial charge in [0.05, 0.1) is 6.04 Å². The van der Waals surface area contributed by atoms with Crippen molar-refractivity contribution in [3.63, 3.8) is 0 Å². The average molecular weight is 480 g/mol. The van der Waals surface area contributed by atoms with Crippen LogP contribution in [0.1, 0.15) is 34.9 Å². The number of hydrogen-bond donors (Lipinski definition) is 1. The molecule has 1 fully saturated rings. The van der Waals surface area contributed by atoms with Crippen molar-refractivity contribution in [1.82, 2.24) is 29.3 Å². The highest BCUT2D eigenvalue weighted by molar-refractivity contribution is 6.15. The lowest BCUT2D eigenvalue weighted by Crippen LogP contribution is -2.38. The fraction of sp³-hybridized carbons (Fsp3) is 0.222. The van der Waals surface area contributed by atoms with Crippen LogP contribution in [0.5, 0.6) is 0 Å². The number of aromatic nitrogens is 6. The summed E-state index contributed by atoms with van der Waals surface area (Å²) in [6, 6.07) is 19.2. The van der Waals surface area contributed by atoms with Gasteiger partial charge in [0.2, 0.25) is 5.78 Å². The Bertz CT molecular complexity index is 1610. The van der Waals surface area contributed by atoms with E-state index in [9.17, 15) is 9.59 Å². The van der Waals surface area contributed by atoms with Gasteiger partial charge in [-0.1, -0.05) is 48.5 Å². The summed E-state index contributed by atoms with van der Waals surface area (Å²) in [4.78, 5) is 39.6. The van der Waals surface area contributed by atoms with Gasteiger partial charge in [-0.25, -0.2) is 19.4 Å². The Kier molecular flexibility index (Phi) is 5.44. The molecule has 5 aromatic rings. The van der Waals surface area contributed by atoms with E-state index in [1.54, 1.807) is 10.7 Å². The molecule has 0 atom stereocenters. The molecule has 0 saturated carbocycles. The molecule has 1 N–H and O–H groups in total. The number of aryl methyl sites for hydroxylation is 1. The highest BCUT2D eigenvalue weighted by atomic mass is 16.2. The Morgan fingerprint density at radius 3 is 2.56 bits per heavy atom. The number of carbonyl (C=O) groups is 1. The van der Waals surface area contributed by atoms with Crippen LogP contribution in [0.15, 0.2) is 78.0 Å². The van der Waals surface area contributed by atoms with Gasteiger partial charge in [0.1, 0.15) is 17.8 Å². The largest absolute Gasteiger partial charge is 0.356 e. The van der Waals surface area contributed by atoms with Crippen LogP contribution in [-0.4, -0.2) is 48.2 Å². The first-order chi connectivity index (χ1) is 17.6. The zero-order valence-corrected chi connectivity index (χ0v) is 19.8. The normalized spacial score (nSPS) is 14.4. The second kappa shape index (κ2) is 8.92. The number of piperidine rings is 1. The summed E-state index contributed by atoms with van der Waals surface area (Å²) in [5.41, 5.74) is 2.69. The maximum Gasteiger partial charge on any atom is 0.343 e. The second-order valence-corrected chi connectivity index (χ2v) is 9.07. The topological polar surface area (TPSA) is 102 Å². The van der Waals surface area contributed by atoms with E-state index in [-0.39, 0.29) is 17.5 Å². The molecule has 4 heterocycles. The Labute approximate surface area is 207 Å². The number of ketones is 1.